The zero-order valence-electron chi connectivity index (χ0n) is 10.8. The smallest absolute Gasteiger partial charge is 0.316 e. The van der Waals surface area contributed by atoms with Crippen LogP contribution in [-0.4, -0.2) is 36.2 Å². The zero-order valence-corrected chi connectivity index (χ0v) is 10.8. The minimum absolute atomic E-state index is 0.0348. The average Bonchev–Trinajstić information content (AvgIpc) is 2.87. The van der Waals surface area contributed by atoms with E-state index >= 15 is 0 Å². The fraction of sp³-hybridized carbons (Fsp3) is 0.583. The lowest BCUT2D eigenvalue weighted by Gasteiger charge is -2.13. The highest BCUT2D eigenvalue weighted by Gasteiger charge is 2.24. The van der Waals surface area contributed by atoms with Crippen molar-refractivity contribution in [2.45, 2.75) is 20.3 Å². The van der Waals surface area contributed by atoms with E-state index in [4.69, 9.17) is 9.47 Å². The van der Waals surface area contributed by atoms with E-state index in [0.29, 0.717) is 36.3 Å². The van der Waals surface area contributed by atoms with E-state index < -0.39 is 0 Å². The van der Waals surface area contributed by atoms with Crippen LogP contribution in [0.5, 0.6) is 6.01 Å². The number of methoxy groups -OCH3 is 1. The quantitative estimate of drug-likeness (QED) is 0.870. The normalized spacial score (nSPS) is 18.7. The van der Waals surface area contributed by atoms with E-state index in [-0.39, 0.29) is 11.8 Å². The fourth-order valence-corrected chi connectivity index (χ4v) is 1.92. The molecule has 1 amide bonds. The largest absolute Gasteiger partial charge is 0.467 e. The summed E-state index contributed by atoms with van der Waals surface area (Å²) in [5.74, 6) is -0.113. The van der Waals surface area contributed by atoms with Crippen molar-refractivity contribution in [3.63, 3.8) is 0 Å². The number of anilines is 1. The van der Waals surface area contributed by atoms with Crippen molar-refractivity contribution in [1.82, 2.24) is 9.97 Å². The summed E-state index contributed by atoms with van der Waals surface area (Å²) in [7, 11) is 1.52. The summed E-state index contributed by atoms with van der Waals surface area (Å²) in [5.41, 5.74) is 2.06. The number of hydrogen-bond acceptors (Lipinski definition) is 5. The molecule has 1 aromatic heterocycles. The molecule has 6 heteroatoms. The topological polar surface area (TPSA) is 73.3 Å². The molecule has 1 aliphatic heterocycles. The van der Waals surface area contributed by atoms with E-state index in [0.717, 1.165) is 6.42 Å². The van der Waals surface area contributed by atoms with Crippen molar-refractivity contribution < 1.29 is 14.3 Å². The molecule has 0 spiro atoms. The van der Waals surface area contributed by atoms with Gasteiger partial charge in [-0.25, -0.2) is 0 Å². The summed E-state index contributed by atoms with van der Waals surface area (Å²) in [6, 6.07) is 0.312. The molecule has 1 aliphatic rings. The summed E-state index contributed by atoms with van der Waals surface area (Å²) in [6.45, 7) is 4.77. The van der Waals surface area contributed by atoms with Gasteiger partial charge in [0.2, 0.25) is 5.91 Å². The predicted molar refractivity (Wildman–Crippen MR) is 65.6 cm³/mol. The maximum absolute atomic E-state index is 12.0. The molecule has 98 valence electrons. The van der Waals surface area contributed by atoms with Gasteiger partial charge in [-0.2, -0.15) is 9.97 Å². The van der Waals surface area contributed by atoms with Gasteiger partial charge >= 0.3 is 6.01 Å². The predicted octanol–water partition coefficient (Wildman–Crippen LogP) is 1.08. The van der Waals surface area contributed by atoms with Crippen LogP contribution in [0.3, 0.4) is 0 Å². The fourth-order valence-electron chi connectivity index (χ4n) is 1.92. The molecule has 2 heterocycles. The summed E-state index contributed by atoms with van der Waals surface area (Å²) >= 11 is 0. The van der Waals surface area contributed by atoms with E-state index in [1.165, 1.54) is 7.11 Å². The highest BCUT2D eigenvalue weighted by Crippen LogP contribution is 2.21. The lowest BCUT2D eigenvalue weighted by atomic mass is 10.1. The van der Waals surface area contributed by atoms with Crippen LogP contribution in [-0.2, 0) is 9.53 Å². The van der Waals surface area contributed by atoms with Gasteiger partial charge in [0.05, 0.1) is 36.7 Å². The van der Waals surface area contributed by atoms with Gasteiger partial charge in [-0.05, 0) is 20.3 Å². The van der Waals surface area contributed by atoms with Gasteiger partial charge in [-0.15, -0.1) is 0 Å². The average molecular weight is 251 g/mol. The number of rotatable bonds is 3. The summed E-state index contributed by atoms with van der Waals surface area (Å²) < 4.78 is 10.2. The van der Waals surface area contributed by atoms with E-state index in [1.807, 2.05) is 13.8 Å². The first kappa shape index (κ1) is 12.8. The van der Waals surface area contributed by atoms with Crippen LogP contribution in [0.1, 0.15) is 17.8 Å². The molecular weight excluding hydrogens is 234 g/mol. The van der Waals surface area contributed by atoms with Crippen molar-refractivity contribution in [2.24, 2.45) is 5.92 Å². The molecule has 0 bridgehead atoms. The number of amides is 1. The lowest BCUT2D eigenvalue weighted by molar-refractivity contribution is -0.119. The summed E-state index contributed by atoms with van der Waals surface area (Å²) in [5, 5.41) is 2.87. The number of nitrogens with zero attached hydrogens (tertiary/aromatic N) is 2. The standard InChI is InChI=1S/C12H17N3O3/c1-7-10(8(2)14-12(13-7)17-3)15-11(16)9-4-5-18-6-9/h9H,4-6H2,1-3H3,(H,15,16). The third-order valence-corrected chi connectivity index (χ3v) is 2.98. The molecule has 0 saturated carbocycles. The van der Waals surface area contributed by atoms with Crippen LogP contribution >= 0.6 is 0 Å². The lowest BCUT2D eigenvalue weighted by Crippen LogP contribution is -2.24. The molecule has 1 aromatic rings. The molecule has 6 nitrogen and oxygen atoms in total. The van der Waals surface area contributed by atoms with Crippen molar-refractivity contribution in [1.29, 1.82) is 0 Å². The Balaban J connectivity index is 2.15. The number of hydrogen-bond donors (Lipinski definition) is 1. The second-order valence-electron chi connectivity index (χ2n) is 4.31. The number of ether oxygens (including phenoxy) is 2. The van der Waals surface area contributed by atoms with Crippen LogP contribution in [0.2, 0.25) is 0 Å². The third-order valence-electron chi connectivity index (χ3n) is 2.98. The SMILES string of the molecule is COc1nc(C)c(NC(=O)C2CCOC2)c(C)n1. The summed E-state index contributed by atoms with van der Waals surface area (Å²) in [6.07, 6.45) is 0.765. The maximum atomic E-state index is 12.0. The second-order valence-corrected chi connectivity index (χ2v) is 4.31. The summed E-state index contributed by atoms with van der Waals surface area (Å²) in [4.78, 5) is 20.3. The Morgan fingerprint density at radius 3 is 2.56 bits per heavy atom. The monoisotopic (exact) mass is 251 g/mol. The maximum Gasteiger partial charge on any atom is 0.316 e. The Labute approximate surface area is 106 Å². The van der Waals surface area contributed by atoms with Gasteiger partial charge < -0.3 is 14.8 Å². The van der Waals surface area contributed by atoms with Gasteiger partial charge in [0.25, 0.3) is 0 Å². The number of carbonyl (C=O) groups is 1. The van der Waals surface area contributed by atoms with Crippen molar-refractivity contribution >= 4 is 11.6 Å². The molecular formula is C12H17N3O3. The first-order chi connectivity index (χ1) is 8.61. The van der Waals surface area contributed by atoms with Crippen molar-refractivity contribution in [3.8, 4) is 6.01 Å². The number of carbonyl (C=O) groups excluding carboxylic acids is 1. The molecule has 1 N–H and O–H groups in total. The number of aryl methyl sites for hydroxylation is 2. The minimum atomic E-state index is -0.0779. The highest BCUT2D eigenvalue weighted by atomic mass is 16.5. The number of aromatic nitrogens is 2. The van der Waals surface area contributed by atoms with Gasteiger partial charge in [-0.1, -0.05) is 0 Å². The molecule has 0 radical (unpaired) electrons. The zero-order chi connectivity index (χ0) is 13.1. The Morgan fingerprint density at radius 1 is 1.39 bits per heavy atom. The first-order valence-corrected chi connectivity index (χ1v) is 5.89. The van der Waals surface area contributed by atoms with Crippen LogP contribution in [0, 0.1) is 19.8 Å². The number of nitrogens with one attached hydrogen (secondary N) is 1. The van der Waals surface area contributed by atoms with Gasteiger partial charge in [0.1, 0.15) is 0 Å². The third kappa shape index (κ3) is 2.59. The Morgan fingerprint density at radius 2 is 2.06 bits per heavy atom. The molecule has 2 rings (SSSR count). The van der Waals surface area contributed by atoms with Crippen molar-refractivity contribution in [3.05, 3.63) is 11.4 Å². The Kier molecular flexibility index (Phi) is 3.76. The van der Waals surface area contributed by atoms with Gasteiger partial charge in [-0.3, -0.25) is 4.79 Å². The van der Waals surface area contributed by atoms with Crippen molar-refractivity contribution in [2.75, 3.05) is 25.6 Å². The van der Waals surface area contributed by atoms with Gasteiger partial charge in [0.15, 0.2) is 0 Å². The minimum Gasteiger partial charge on any atom is -0.467 e. The molecule has 1 fully saturated rings. The molecule has 1 saturated heterocycles. The molecule has 0 aliphatic carbocycles. The van der Waals surface area contributed by atoms with E-state index in [2.05, 4.69) is 15.3 Å². The molecule has 18 heavy (non-hydrogen) atoms. The van der Waals surface area contributed by atoms with Crippen LogP contribution in [0.15, 0.2) is 0 Å². The van der Waals surface area contributed by atoms with Crippen LogP contribution < -0.4 is 10.1 Å². The van der Waals surface area contributed by atoms with E-state index in [9.17, 15) is 4.79 Å². The highest BCUT2D eigenvalue weighted by molar-refractivity contribution is 5.93. The van der Waals surface area contributed by atoms with E-state index in [1.54, 1.807) is 0 Å². The van der Waals surface area contributed by atoms with Crippen LogP contribution in [0.4, 0.5) is 5.69 Å². The molecule has 0 aromatic carbocycles. The first-order valence-electron chi connectivity index (χ1n) is 5.89. The Hall–Kier alpha value is -1.69. The Bertz CT molecular complexity index is 433. The van der Waals surface area contributed by atoms with Crippen LogP contribution in [0.25, 0.3) is 0 Å². The van der Waals surface area contributed by atoms with Gasteiger partial charge in [0, 0.05) is 6.61 Å². The second kappa shape index (κ2) is 5.30. The molecule has 1 atom stereocenters. The molecule has 1 unspecified atom stereocenters.